The minimum Gasteiger partial charge on any atom is -0.384 e. The van der Waals surface area contributed by atoms with Gasteiger partial charge in [0.25, 0.3) is 0 Å². The minimum absolute atomic E-state index is 0.0926. The largest absolute Gasteiger partial charge is 0.418 e. The number of hydrogen-bond acceptors (Lipinski definition) is 2. The van der Waals surface area contributed by atoms with Gasteiger partial charge in [0.2, 0.25) is 0 Å². The number of alkyl halides is 3. The molecule has 0 bridgehead atoms. The lowest BCUT2D eigenvalue weighted by atomic mass is 10.1. The van der Waals surface area contributed by atoms with Gasteiger partial charge < -0.3 is 5.73 Å². The average Bonchev–Trinajstić information content (AvgIpc) is 1.83. The van der Waals surface area contributed by atoms with E-state index in [4.69, 9.17) is 5.73 Å². The number of halogens is 3. The molecule has 0 amide bonds. The lowest BCUT2D eigenvalue weighted by Gasteiger charge is -2.08. The van der Waals surface area contributed by atoms with Crippen molar-refractivity contribution in [3.8, 4) is 0 Å². The summed E-state index contributed by atoms with van der Waals surface area (Å²) in [6.07, 6.45) is -3.60. The van der Waals surface area contributed by atoms with Crippen molar-refractivity contribution in [2.75, 3.05) is 5.73 Å². The zero-order chi connectivity index (χ0) is 9.35. The van der Waals surface area contributed by atoms with E-state index < -0.39 is 11.7 Å². The summed E-state index contributed by atoms with van der Waals surface area (Å²) >= 11 is 0. The Morgan fingerprint density at radius 1 is 1.42 bits per heavy atom. The number of rotatable bonds is 0. The second-order valence-corrected chi connectivity index (χ2v) is 2.42. The van der Waals surface area contributed by atoms with Gasteiger partial charge in [0.05, 0.1) is 5.56 Å². The van der Waals surface area contributed by atoms with Crippen molar-refractivity contribution in [1.82, 2.24) is 4.98 Å². The predicted molar refractivity (Wildman–Crippen MR) is 38.4 cm³/mol. The van der Waals surface area contributed by atoms with Crippen molar-refractivity contribution in [3.63, 3.8) is 0 Å². The molecule has 0 aromatic carbocycles. The van der Waals surface area contributed by atoms with Crippen LogP contribution in [-0.2, 0) is 6.18 Å². The molecule has 12 heavy (non-hydrogen) atoms. The van der Waals surface area contributed by atoms with E-state index in [0.29, 0.717) is 0 Å². The van der Waals surface area contributed by atoms with E-state index in [-0.39, 0.29) is 11.4 Å². The third-order valence-corrected chi connectivity index (χ3v) is 1.44. The summed E-state index contributed by atoms with van der Waals surface area (Å²) in [6.45, 7) is 1.35. The molecule has 0 fully saturated rings. The van der Waals surface area contributed by atoms with Crippen LogP contribution in [-0.4, -0.2) is 4.98 Å². The first-order chi connectivity index (χ1) is 5.41. The standard InChI is InChI=1S/C7H7F3N2/c1-4-2-6(11)12-3-5(4)7(8,9)10/h2-3H,1H3,(H2,11,12). The first kappa shape index (κ1) is 8.83. The molecule has 1 aromatic heterocycles. The Morgan fingerprint density at radius 3 is 2.42 bits per heavy atom. The van der Waals surface area contributed by atoms with Gasteiger partial charge in [-0.25, -0.2) is 4.98 Å². The van der Waals surface area contributed by atoms with E-state index in [1.54, 1.807) is 0 Å². The molecule has 0 aliphatic heterocycles. The van der Waals surface area contributed by atoms with E-state index in [2.05, 4.69) is 4.98 Å². The van der Waals surface area contributed by atoms with E-state index in [9.17, 15) is 13.2 Å². The molecule has 1 rings (SSSR count). The summed E-state index contributed by atoms with van der Waals surface area (Å²) in [5, 5.41) is 0. The molecule has 0 saturated carbocycles. The molecule has 0 unspecified atom stereocenters. The molecule has 5 heteroatoms. The monoisotopic (exact) mass is 176 g/mol. The smallest absolute Gasteiger partial charge is 0.384 e. The van der Waals surface area contributed by atoms with Crippen molar-refractivity contribution in [2.24, 2.45) is 0 Å². The zero-order valence-corrected chi connectivity index (χ0v) is 6.31. The topological polar surface area (TPSA) is 38.9 Å². The molecule has 0 aliphatic rings. The maximum atomic E-state index is 12.1. The number of nitrogens with two attached hydrogens (primary N) is 1. The average molecular weight is 176 g/mol. The summed E-state index contributed by atoms with van der Waals surface area (Å²) in [6, 6.07) is 1.20. The highest BCUT2D eigenvalue weighted by Gasteiger charge is 2.32. The van der Waals surface area contributed by atoms with Crippen LogP contribution in [0.2, 0.25) is 0 Å². The van der Waals surface area contributed by atoms with Crippen LogP contribution in [0, 0.1) is 6.92 Å². The highest BCUT2D eigenvalue weighted by molar-refractivity contribution is 5.37. The van der Waals surface area contributed by atoms with Crippen LogP contribution in [0.5, 0.6) is 0 Å². The summed E-state index contributed by atoms with van der Waals surface area (Å²) in [7, 11) is 0. The van der Waals surface area contributed by atoms with Crippen molar-refractivity contribution >= 4 is 5.82 Å². The zero-order valence-electron chi connectivity index (χ0n) is 6.31. The lowest BCUT2D eigenvalue weighted by molar-refractivity contribution is -0.138. The van der Waals surface area contributed by atoms with Crippen LogP contribution in [0.25, 0.3) is 0 Å². The molecular formula is C7H7F3N2. The van der Waals surface area contributed by atoms with E-state index >= 15 is 0 Å². The van der Waals surface area contributed by atoms with Crippen molar-refractivity contribution < 1.29 is 13.2 Å². The molecule has 0 saturated heterocycles. The van der Waals surface area contributed by atoms with Gasteiger partial charge in [-0.1, -0.05) is 0 Å². The number of pyridine rings is 1. The number of nitrogens with zero attached hydrogens (tertiary/aromatic N) is 1. The van der Waals surface area contributed by atoms with Crippen LogP contribution < -0.4 is 5.73 Å². The quantitative estimate of drug-likeness (QED) is 0.656. The number of hydrogen-bond donors (Lipinski definition) is 1. The Balaban J connectivity index is 3.19. The number of nitrogen functional groups attached to an aromatic ring is 1. The van der Waals surface area contributed by atoms with Crippen molar-refractivity contribution in [1.29, 1.82) is 0 Å². The van der Waals surface area contributed by atoms with Gasteiger partial charge >= 0.3 is 6.18 Å². The Kier molecular flexibility index (Phi) is 1.95. The Labute approximate surface area is 67.2 Å². The number of anilines is 1. The molecule has 2 N–H and O–H groups in total. The summed E-state index contributed by atoms with van der Waals surface area (Å²) in [4.78, 5) is 3.36. The fourth-order valence-corrected chi connectivity index (χ4v) is 0.875. The summed E-state index contributed by atoms with van der Waals surface area (Å²) in [5.74, 6) is 0.0977. The van der Waals surface area contributed by atoms with Crippen LogP contribution in [0.15, 0.2) is 12.3 Å². The molecule has 2 nitrogen and oxygen atoms in total. The highest BCUT2D eigenvalue weighted by atomic mass is 19.4. The SMILES string of the molecule is Cc1cc(N)ncc1C(F)(F)F. The number of aryl methyl sites for hydroxylation is 1. The van der Waals surface area contributed by atoms with Gasteiger partial charge in [-0.15, -0.1) is 0 Å². The van der Waals surface area contributed by atoms with E-state index in [1.165, 1.54) is 13.0 Å². The molecule has 0 radical (unpaired) electrons. The van der Waals surface area contributed by atoms with Crippen LogP contribution in [0.1, 0.15) is 11.1 Å². The first-order valence-corrected chi connectivity index (χ1v) is 3.20. The maximum absolute atomic E-state index is 12.1. The van der Waals surface area contributed by atoms with E-state index in [0.717, 1.165) is 6.20 Å². The Hall–Kier alpha value is -1.26. The van der Waals surface area contributed by atoms with Gasteiger partial charge in [-0.2, -0.15) is 13.2 Å². The third kappa shape index (κ3) is 1.66. The van der Waals surface area contributed by atoms with Gasteiger partial charge in [0.1, 0.15) is 5.82 Å². The van der Waals surface area contributed by atoms with Crippen LogP contribution >= 0.6 is 0 Å². The third-order valence-electron chi connectivity index (χ3n) is 1.44. The van der Waals surface area contributed by atoms with Gasteiger partial charge in [-0.05, 0) is 18.6 Å². The Morgan fingerprint density at radius 2 is 2.00 bits per heavy atom. The van der Waals surface area contributed by atoms with Crippen LogP contribution in [0.3, 0.4) is 0 Å². The summed E-state index contributed by atoms with van der Waals surface area (Å²) < 4.78 is 36.3. The van der Waals surface area contributed by atoms with E-state index in [1.807, 2.05) is 0 Å². The molecule has 0 aliphatic carbocycles. The molecule has 1 aromatic rings. The van der Waals surface area contributed by atoms with Gasteiger partial charge in [0, 0.05) is 6.20 Å². The molecule has 1 heterocycles. The molecule has 66 valence electrons. The molecular weight excluding hydrogens is 169 g/mol. The Bertz CT molecular complexity index is 293. The van der Waals surface area contributed by atoms with Crippen molar-refractivity contribution in [3.05, 3.63) is 23.4 Å². The molecule has 0 atom stereocenters. The van der Waals surface area contributed by atoms with Gasteiger partial charge in [0.15, 0.2) is 0 Å². The fraction of sp³-hybridized carbons (Fsp3) is 0.286. The van der Waals surface area contributed by atoms with Crippen LogP contribution in [0.4, 0.5) is 19.0 Å². The predicted octanol–water partition coefficient (Wildman–Crippen LogP) is 1.99. The first-order valence-electron chi connectivity index (χ1n) is 3.20. The highest BCUT2D eigenvalue weighted by Crippen LogP contribution is 2.31. The fourth-order valence-electron chi connectivity index (χ4n) is 0.875. The maximum Gasteiger partial charge on any atom is 0.418 e. The van der Waals surface area contributed by atoms with Gasteiger partial charge in [-0.3, -0.25) is 0 Å². The normalized spacial score (nSPS) is 11.7. The lowest BCUT2D eigenvalue weighted by Crippen LogP contribution is -2.08. The number of aromatic nitrogens is 1. The summed E-state index contributed by atoms with van der Waals surface area (Å²) in [5.41, 5.74) is 4.55. The van der Waals surface area contributed by atoms with Crippen molar-refractivity contribution in [2.45, 2.75) is 13.1 Å². The minimum atomic E-state index is -4.34. The second-order valence-electron chi connectivity index (χ2n) is 2.42. The molecule has 0 spiro atoms. The second kappa shape index (κ2) is 2.66.